The van der Waals surface area contributed by atoms with Gasteiger partial charge in [-0.1, -0.05) is 29.8 Å². The van der Waals surface area contributed by atoms with Crippen LogP contribution in [0.5, 0.6) is 0 Å². The van der Waals surface area contributed by atoms with E-state index in [1.165, 1.54) is 6.07 Å². The molecule has 0 aliphatic carbocycles. The highest BCUT2D eigenvalue weighted by Gasteiger charge is 2.12. The Morgan fingerprint density at radius 3 is 2.63 bits per heavy atom. The fraction of sp³-hybridized carbons (Fsp3) is 0.267. The lowest BCUT2D eigenvalue weighted by Gasteiger charge is -2.17. The zero-order valence-corrected chi connectivity index (χ0v) is 11.5. The van der Waals surface area contributed by atoms with Gasteiger partial charge in [0.1, 0.15) is 5.82 Å². The summed E-state index contributed by atoms with van der Waals surface area (Å²) in [6.07, 6.45) is 4.72. The highest BCUT2D eigenvalue weighted by Crippen LogP contribution is 2.17. The Balaban J connectivity index is 2.09. The summed E-state index contributed by atoms with van der Waals surface area (Å²) in [5.41, 5.74) is 1.74. The van der Waals surface area contributed by atoms with Crippen molar-refractivity contribution in [3.05, 3.63) is 64.7 Å². The first-order valence-electron chi connectivity index (χ1n) is 6.19. The number of aromatic nitrogens is 1. The lowest BCUT2D eigenvalue weighted by molar-refractivity contribution is 0.532. The molecule has 1 unspecified atom stereocenters. The number of pyridine rings is 1. The van der Waals surface area contributed by atoms with Crippen molar-refractivity contribution in [2.75, 3.05) is 7.05 Å². The molecule has 1 N–H and O–H groups in total. The summed E-state index contributed by atoms with van der Waals surface area (Å²) in [5.74, 6) is -0.163. The van der Waals surface area contributed by atoms with E-state index < -0.39 is 0 Å². The van der Waals surface area contributed by atoms with Gasteiger partial charge in [0.25, 0.3) is 0 Å². The minimum absolute atomic E-state index is 0.136. The molecule has 1 aromatic carbocycles. The Morgan fingerprint density at radius 2 is 1.95 bits per heavy atom. The molecule has 0 fully saturated rings. The van der Waals surface area contributed by atoms with E-state index in [0.717, 1.165) is 12.0 Å². The number of likely N-dealkylation sites (N-methyl/N-ethyl adjacent to an activating group) is 1. The van der Waals surface area contributed by atoms with Crippen molar-refractivity contribution in [3.8, 4) is 0 Å². The first-order valence-corrected chi connectivity index (χ1v) is 6.57. The van der Waals surface area contributed by atoms with Crippen LogP contribution in [0.1, 0.15) is 11.1 Å². The molecule has 0 saturated carbocycles. The van der Waals surface area contributed by atoms with E-state index in [9.17, 15) is 4.39 Å². The molecule has 0 saturated heterocycles. The van der Waals surface area contributed by atoms with Crippen molar-refractivity contribution >= 4 is 11.6 Å². The summed E-state index contributed by atoms with van der Waals surface area (Å²) in [7, 11) is 1.88. The third-order valence-corrected chi connectivity index (χ3v) is 3.50. The molecular formula is C15H16ClFN2. The maximum Gasteiger partial charge on any atom is 0.126 e. The van der Waals surface area contributed by atoms with Gasteiger partial charge < -0.3 is 5.32 Å². The summed E-state index contributed by atoms with van der Waals surface area (Å²) in [4.78, 5) is 3.96. The third-order valence-electron chi connectivity index (χ3n) is 3.16. The minimum Gasteiger partial charge on any atom is -0.316 e. The van der Waals surface area contributed by atoms with Gasteiger partial charge in [0.2, 0.25) is 0 Å². The number of hydrogen-bond acceptors (Lipinski definition) is 2. The van der Waals surface area contributed by atoms with Crippen LogP contribution in [-0.2, 0) is 12.8 Å². The van der Waals surface area contributed by atoms with Crippen molar-refractivity contribution in [2.45, 2.75) is 18.9 Å². The van der Waals surface area contributed by atoms with Gasteiger partial charge in [0, 0.05) is 18.4 Å². The van der Waals surface area contributed by atoms with Crippen LogP contribution in [0.25, 0.3) is 0 Å². The molecule has 0 aliphatic heterocycles. The van der Waals surface area contributed by atoms with Crippen molar-refractivity contribution in [1.82, 2.24) is 10.3 Å². The minimum atomic E-state index is -0.163. The highest BCUT2D eigenvalue weighted by molar-refractivity contribution is 6.31. The predicted octanol–water partition coefficient (Wildman–Crippen LogP) is 3.25. The summed E-state index contributed by atoms with van der Waals surface area (Å²) in [6, 6.07) is 8.89. The van der Waals surface area contributed by atoms with Crippen molar-refractivity contribution in [1.29, 1.82) is 0 Å². The number of rotatable bonds is 5. The molecule has 2 aromatic rings. The van der Waals surface area contributed by atoms with Crippen molar-refractivity contribution in [2.24, 2.45) is 0 Å². The lowest BCUT2D eigenvalue weighted by Crippen LogP contribution is -2.30. The Kier molecular flexibility index (Phi) is 4.88. The van der Waals surface area contributed by atoms with Crippen molar-refractivity contribution < 1.29 is 4.39 Å². The Morgan fingerprint density at radius 1 is 1.21 bits per heavy atom. The first-order chi connectivity index (χ1) is 9.20. The molecule has 1 aromatic heterocycles. The number of benzene rings is 1. The van der Waals surface area contributed by atoms with Crippen LogP contribution in [0.4, 0.5) is 4.39 Å². The van der Waals surface area contributed by atoms with Gasteiger partial charge >= 0.3 is 0 Å². The van der Waals surface area contributed by atoms with Gasteiger partial charge in [-0.3, -0.25) is 4.98 Å². The van der Waals surface area contributed by atoms with E-state index in [1.54, 1.807) is 18.5 Å². The SMILES string of the molecule is CNC(Cc1ccccc1F)Cc1ccncc1Cl. The lowest BCUT2D eigenvalue weighted by atomic mass is 9.99. The van der Waals surface area contributed by atoms with Crippen LogP contribution in [0.15, 0.2) is 42.7 Å². The number of halogens is 2. The molecule has 0 aliphatic rings. The second kappa shape index (κ2) is 6.64. The highest BCUT2D eigenvalue weighted by atomic mass is 35.5. The number of hydrogen-bond donors (Lipinski definition) is 1. The van der Waals surface area contributed by atoms with Crippen LogP contribution in [0.3, 0.4) is 0 Å². The molecule has 100 valence electrons. The van der Waals surface area contributed by atoms with Gasteiger partial charge in [-0.25, -0.2) is 4.39 Å². The second-order valence-corrected chi connectivity index (χ2v) is 4.86. The van der Waals surface area contributed by atoms with Gasteiger partial charge in [0.15, 0.2) is 0 Å². The van der Waals surface area contributed by atoms with Crippen LogP contribution >= 0.6 is 11.6 Å². The molecule has 0 bridgehead atoms. The van der Waals surface area contributed by atoms with Crippen LogP contribution < -0.4 is 5.32 Å². The van der Waals surface area contributed by atoms with Crippen LogP contribution in [0, 0.1) is 5.82 Å². The molecule has 2 nitrogen and oxygen atoms in total. The predicted molar refractivity (Wildman–Crippen MR) is 75.9 cm³/mol. The van der Waals surface area contributed by atoms with E-state index in [4.69, 9.17) is 11.6 Å². The number of nitrogens with zero attached hydrogens (tertiary/aromatic N) is 1. The third kappa shape index (κ3) is 3.75. The molecule has 0 spiro atoms. The zero-order chi connectivity index (χ0) is 13.7. The van der Waals surface area contributed by atoms with Gasteiger partial charge in [0.05, 0.1) is 5.02 Å². The fourth-order valence-electron chi connectivity index (χ4n) is 2.04. The average Bonchev–Trinajstić information content (AvgIpc) is 2.42. The van der Waals surface area contributed by atoms with Crippen LogP contribution in [0.2, 0.25) is 5.02 Å². The smallest absolute Gasteiger partial charge is 0.126 e. The zero-order valence-electron chi connectivity index (χ0n) is 10.7. The van der Waals surface area contributed by atoms with E-state index in [2.05, 4.69) is 10.3 Å². The maximum absolute atomic E-state index is 13.6. The first kappa shape index (κ1) is 14.0. The van der Waals surface area contributed by atoms with E-state index in [1.807, 2.05) is 25.2 Å². The van der Waals surface area contributed by atoms with E-state index in [0.29, 0.717) is 17.0 Å². The Bertz CT molecular complexity index is 498. The summed E-state index contributed by atoms with van der Waals surface area (Å²) < 4.78 is 13.6. The van der Waals surface area contributed by atoms with Crippen LogP contribution in [-0.4, -0.2) is 18.1 Å². The maximum atomic E-state index is 13.6. The molecule has 4 heteroatoms. The fourth-order valence-corrected chi connectivity index (χ4v) is 2.24. The largest absolute Gasteiger partial charge is 0.316 e. The molecule has 2 rings (SSSR count). The summed E-state index contributed by atoms with van der Waals surface area (Å²) >= 11 is 6.10. The number of nitrogens with one attached hydrogen (secondary N) is 1. The van der Waals surface area contributed by atoms with E-state index >= 15 is 0 Å². The normalized spacial score (nSPS) is 12.4. The van der Waals surface area contributed by atoms with Gasteiger partial charge in [-0.2, -0.15) is 0 Å². The van der Waals surface area contributed by atoms with Gasteiger partial charge in [-0.15, -0.1) is 0 Å². The van der Waals surface area contributed by atoms with Crippen molar-refractivity contribution in [3.63, 3.8) is 0 Å². The standard InChI is InChI=1S/C15H16ClFN2/c1-18-13(8-11-6-7-19-10-14(11)16)9-12-4-2-3-5-15(12)17/h2-7,10,13,18H,8-9H2,1H3. The molecular weight excluding hydrogens is 263 g/mol. The molecule has 0 amide bonds. The summed E-state index contributed by atoms with van der Waals surface area (Å²) in [6.45, 7) is 0. The molecule has 0 radical (unpaired) electrons. The Labute approximate surface area is 117 Å². The monoisotopic (exact) mass is 278 g/mol. The quantitative estimate of drug-likeness (QED) is 0.908. The average molecular weight is 279 g/mol. The molecule has 1 atom stereocenters. The summed E-state index contributed by atoms with van der Waals surface area (Å²) in [5, 5.41) is 3.86. The Hall–Kier alpha value is -1.45. The van der Waals surface area contributed by atoms with E-state index in [-0.39, 0.29) is 11.9 Å². The molecule has 1 heterocycles. The topological polar surface area (TPSA) is 24.9 Å². The van der Waals surface area contributed by atoms with Gasteiger partial charge in [-0.05, 0) is 43.1 Å². The molecule has 19 heavy (non-hydrogen) atoms. The second-order valence-electron chi connectivity index (χ2n) is 4.45.